The second kappa shape index (κ2) is 8.14. The van der Waals surface area contributed by atoms with E-state index in [0.29, 0.717) is 30.3 Å². The van der Waals surface area contributed by atoms with Crippen molar-refractivity contribution >= 4 is 11.2 Å². The van der Waals surface area contributed by atoms with Gasteiger partial charge in [0.2, 0.25) is 5.88 Å². The zero-order valence-electron chi connectivity index (χ0n) is 15.2. The number of halogens is 1. The van der Waals surface area contributed by atoms with E-state index < -0.39 is 6.10 Å². The Balaban J connectivity index is 1.83. The van der Waals surface area contributed by atoms with Crippen molar-refractivity contribution in [2.45, 2.75) is 26.4 Å². The van der Waals surface area contributed by atoms with Crippen molar-refractivity contribution in [3.63, 3.8) is 0 Å². The number of rotatable bonds is 8. The van der Waals surface area contributed by atoms with Crippen molar-refractivity contribution in [3.8, 4) is 11.6 Å². The maximum absolute atomic E-state index is 13.7. The number of hydrogen-bond acceptors (Lipinski definition) is 5. The smallest absolute Gasteiger partial charge is 0.233 e. The van der Waals surface area contributed by atoms with Gasteiger partial charge in [-0.05, 0) is 44.2 Å². The third kappa shape index (κ3) is 3.94. The molecule has 2 aromatic heterocycles. The molecule has 1 unspecified atom stereocenters. The van der Waals surface area contributed by atoms with Gasteiger partial charge in [0.15, 0.2) is 5.65 Å². The van der Waals surface area contributed by atoms with Crippen LogP contribution < -0.4 is 14.8 Å². The summed E-state index contributed by atoms with van der Waals surface area (Å²) in [5.41, 5.74) is 3.23. The fraction of sp³-hybridized carbons (Fsp3) is 0.368. The van der Waals surface area contributed by atoms with Gasteiger partial charge >= 0.3 is 0 Å². The summed E-state index contributed by atoms with van der Waals surface area (Å²) in [7, 11) is 1.85. The van der Waals surface area contributed by atoms with Crippen LogP contribution in [0.15, 0.2) is 30.6 Å². The van der Waals surface area contributed by atoms with Gasteiger partial charge in [-0.15, -0.1) is 0 Å². The Labute approximate surface area is 151 Å². The molecule has 0 spiro atoms. The maximum atomic E-state index is 13.7. The molecule has 6 nitrogen and oxygen atoms in total. The van der Waals surface area contributed by atoms with E-state index in [-0.39, 0.29) is 5.82 Å². The molecule has 0 saturated heterocycles. The van der Waals surface area contributed by atoms with E-state index in [4.69, 9.17) is 9.47 Å². The normalized spacial score (nSPS) is 12.3. The fourth-order valence-corrected chi connectivity index (χ4v) is 2.73. The molecule has 26 heavy (non-hydrogen) atoms. The maximum Gasteiger partial charge on any atom is 0.233 e. The molecule has 0 radical (unpaired) electrons. The Hall–Kier alpha value is -2.67. The molecule has 2 N–H and O–H groups in total. The second-order valence-corrected chi connectivity index (χ2v) is 5.97. The lowest BCUT2D eigenvalue weighted by atomic mass is 10.1. The first-order valence-corrected chi connectivity index (χ1v) is 8.68. The number of aryl methyl sites for hydroxylation is 1. The highest BCUT2D eigenvalue weighted by Crippen LogP contribution is 2.30. The number of hydrogen-bond donors (Lipinski definition) is 2. The molecular weight excluding hydrogens is 335 g/mol. The average Bonchev–Trinajstić information content (AvgIpc) is 3.05. The molecule has 1 atom stereocenters. The van der Waals surface area contributed by atoms with Crippen LogP contribution in [-0.4, -0.2) is 35.2 Å². The number of nitrogens with zero attached hydrogens (tertiary/aromatic N) is 2. The molecule has 3 rings (SSSR count). The van der Waals surface area contributed by atoms with Crippen molar-refractivity contribution < 1.29 is 13.9 Å². The molecule has 0 bridgehead atoms. The van der Waals surface area contributed by atoms with Crippen LogP contribution in [0.25, 0.3) is 11.2 Å². The lowest BCUT2D eigenvalue weighted by Gasteiger charge is -2.18. The van der Waals surface area contributed by atoms with E-state index in [9.17, 15) is 4.39 Å². The molecule has 0 aliphatic rings. The van der Waals surface area contributed by atoms with Gasteiger partial charge < -0.3 is 19.8 Å². The van der Waals surface area contributed by atoms with Crippen molar-refractivity contribution in [1.29, 1.82) is 0 Å². The van der Waals surface area contributed by atoms with Crippen molar-refractivity contribution in [1.82, 2.24) is 20.3 Å². The Morgan fingerprint density at radius 2 is 2.19 bits per heavy atom. The predicted molar refractivity (Wildman–Crippen MR) is 98.1 cm³/mol. The number of aromatic nitrogens is 3. The van der Waals surface area contributed by atoms with Crippen LogP contribution in [0.1, 0.15) is 31.1 Å². The second-order valence-electron chi connectivity index (χ2n) is 5.97. The molecule has 0 aliphatic heterocycles. The fourth-order valence-electron chi connectivity index (χ4n) is 2.73. The summed E-state index contributed by atoms with van der Waals surface area (Å²) in [6.07, 6.45) is 3.88. The van der Waals surface area contributed by atoms with Gasteiger partial charge in [-0.25, -0.2) is 14.4 Å². The summed E-state index contributed by atoms with van der Waals surface area (Å²) in [6, 6.07) is 4.43. The highest BCUT2D eigenvalue weighted by molar-refractivity contribution is 5.75. The van der Waals surface area contributed by atoms with E-state index in [1.807, 2.05) is 20.2 Å². The monoisotopic (exact) mass is 358 g/mol. The highest BCUT2D eigenvalue weighted by Gasteiger charge is 2.16. The minimum absolute atomic E-state index is 0.336. The van der Waals surface area contributed by atoms with Crippen LogP contribution in [0.3, 0.4) is 0 Å². The lowest BCUT2D eigenvalue weighted by molar-refractivity contribution is 0.208. The Morgan fingerprint density at radius 3 is 2.96 bits per heavy atom. The summed E-state index contributed by atoms with van der Waals surface area (Å²) in [4.78, 5) is 12.0. The number of likely N-dealkylation sites (N-methyl/N-ethyl adjacent to an activating group) is 1. The van der Waals surface area contributed by atoms with Gasteiger partial charge in [-0.1, -0.05) is 6.92 Å². The standard InChI is InChI=1S/C19H23FN4O2/c1-4-13-10-22-19-18(13)24-17(11-23-19)26-12(2)15-9-14(20)5-6-16(15)25-8-7-21-3/h5-6,9-12,21H,4,7-8H2,1-3H3,(H,22,23). The van der Waals surface area contributed by atoms with Crippen molar-refractivity contribution in [3.05, 3.63) is 47.5 Å². The van der Waals surface area contributed by atoms with Gasteiger partial charge in [-0.3, -0.25) is 0 Å². The Morgan fingerprint density at radius 1 is 1.35 bits per heavy atom. The molecular formula is C19H23FN4O2. The van der Waals surface area contributed by atoms with Crippen molar-refractivity contribution in [2.75, 3.05) is 20.2 Å². The van der Waals surface area contributed by atoms with Gasteiger partial charge in [-0.2, -0.15) is 0 Å². The summed E-state index contributed by atoms with van der Waals surface area (Å²) in [6.45, 7) is 5.07. The Kier molecular flexibility index (Phi) is 5.68. The third-order valence-electron chi connectivity index (χ3n) is 4.14. The van der Waals surface area contributed by atoms with Crippen LogP contribution in [0, 0.1) is 5.82 Å². The number of nitrogens with one attached hydrogen (secondary N) is 2. The molecule has 3 aromatic rings. The molecule has 1 aromatic carbocycles. The first-order chi connectivity index (χ1) is 12.6. The van der Waals surface area contributed by atoms with E-state index in [1.165, 1.54) is 12.1 Å². The number of ether oxygens (including phenoxy) is 2. The van der Waals surface area contributed by atoms with Gasteiger partial charge in [0.25, 0.3) is 0 Å². The zero-order chi connectivity index (χ0) is 18.5. The molecule has 2 heterocycles. The van der Waals surface area contributed by atoms with Crippen LogP contribution in [-0.2, 0) is 6.42 Å². The SMILES string of the molecule is CCc1c[nH]c2ncc(OC(C)c3cc(F)ccc3OCCNC)nc12. The number of H-pyrrole nitrogens is 1. The largest absolute Gasteiger partial charge is 0.492 e. The first kappa shape index (κ1) is 18.1. The van der Waals surface area contributed by atoms with Gasteiger partial charge in [0, 0.05) is 18.3 Å². The minimum atomic E-state index is -0.439. The summed E-state index contributed by atoms with van der Waals surface area (Å²) >= 11 is 0. The van der Waals surface area contributed by atoms with Gasteiger partial charge in [0.05, 0.1) is 6.20 Å². The first-order valence-electron chi connectivity index (χ1n) is 8.68. The van der Waals surface area contributed by atoms with Crippen LogP contribution in [0.2, 0.25) is 0 Å². The van der Waals surface area contributed by atoms with Crippen LogP contribution in [0.5, 0.6) is 11.6 Å². The number of benzene rings is 1. The number of aromatic amines is 1. The third-order valence-corrected chi connectivity index (χ3v) is 4.14. The van der Waals surface area contributed by atoms with E-state index in [2.05, 4.69) is 27.2 Å². The van der Waals surface area contributed by atoms with E-state index >= 15 is 0 Å². The summed E-state index contributed by atoms with van der Waals surface area (Å²) in [5.74, 6) is 0.653. The number of fused-ring (bicyclic) bond motifs is 1. The Bertz CT molecular complexity index is 881. The molecule has 138 valence electrons. The average molecular weight is 358 g/mol. The minimum Gasteiger partial charge on any atom is -0.492 e. The quantitative estimate of drug-likeness (QED) is 0.604. The van der Waals surface area contributed by atoms with Crippen LogP contribution in [0.4, 0.5) is 4.39 Å². The molecule has 7 heteroatoms. The van der Waals surface area contributed by atoms with Crippen LogP contribution >= 0.6 is 0 Å². The summed E-state index contributed by atoms with van der Waals surface area (Å²) < 4.78 is 25.4. The molecule has 0 saturated carbocycles. The summed E-state index contributed by atoms with van der Waals surface area (Å²) in [5, 5.41) is 3.01. The lowest BCUT2D eigenvalue weighted by Crippen LogP contribution is -2.17. The highest BCUT2D eigenvalue weighted by atomic mass is 19.1. The zero-order valence-corrected chi connectivity index (χ0v) is 15.2. The molecule has 0 aliphatic carbocycles. The topological polar surface area (TPSA) is 72.1 Å². The van der Waals surface area contributed by atoms with Crippen molar-refractivity contribution in [2.24, 2.45) is 0 Å². The molecule has 0 amide bonds. The van der Waals surface area contributed by atoms with Gasteiger partial charge in [0.1, 0.15) is 29.8 Å². The predicted octanol–water partition coefficient (Wildman–Crippen LogP) is 3.40. The van der Waals surface area contributed by atoms with E-state index in [1.54, 1.807) is 12.3 Å². The van der Waals surface area contributed by atoms with E-state index in [0.717, 1.165) is 23.1 Å². The molecule has 0 fully saturated rings.